The molecule has 0 bridgehead atoms. The van der Waals surface area contributed by atoms with E-state index in [2.05, 4.69) is 54.7 Å². The van der Waals surface area contributed by atoms with Crippen LogP contribution < -0.4 is 16.0 Å². The molecular formula is C32H31N9O2. The normalized spacial score (nSPS) is 12.8. The van der Waals surface area contributed by atoms with Gasteiger partial charge in [-0.3, -0.25) is 9.59 Å². The van der Waals surface area contributed by atoms with Crippen molar-refractivity contribution in [1.82, 2.24) is 24.8 Å². The number of pyridine rings is 1. The molecule has 1 aliphatic rings. The number of rotatable bonds is 10. The Bertz CT molecular complexity index is 1650. The Morgan fingerprint density at radius 1 is 1.12 bits per heavy atom. The quantitative estimate of drug-likeness (QED) is 0.247. The van der Waals surface area contributed by atoms with Gasteiger partial charge in [-0.2, -0.15) is 10.2 Å². The standard InChI is InChI=1S/C32H31N9O2/c1-5-27(41(4)29(42)10-7-19-40(2)3)31(43)38-28-9-6-8-24(35-28)16-13-23-21-34-32(39-30(23)36-25-17-18-25)37-26-14-11-22(20-33)12-15-26/h1,6-12,14-15,21,25,27H,17-19H2,2-4H3,(H,35,38,43)(H2,34,36,37,39)/b10-7+/t27-/m0/s1. The van der Waals surface area contributed by atoms with Gasteiger partial charge in [-0.15, -0.1) is 6.42 Å². The largest absolute Gasteiger partial charge is 0.366 e. The van der Waals surface area contributed by atoms with Crippen molar-refractivity contribution in [3.63, 3.8) is 0 Å². The van der Waals surface area contributed by atoms with Crippen molar-refractivity contribution in [3.8, 4) is 30.3 Å². The first-order chi connectivity index (χ1) is 20.7. The summed E-state index contributed by atoms with van der Waals surface area (Å²) in [5.74, 6) is 8.72. The number of anilines is 4. The zero-order chi connectivity index (χ0) is 30.8. The Morgan fingerprint density at radius 3 is 2.56 bits per heavy atom. The number of nitrogens with one attached hydrogen (secondary N) is 3. The summed E-state index contributed by atoms with van der Waals surface area (Å²) in [7, 11) is 5.24. The van der Waals surface area contributed by atoms with Gasteiger partial charge in [0.2, 0.25) is 11.9 Å². The van der Waals surface area contributed by atoms with E-state index in [1.54, 1.807) is 54.7 Å². The van der Waals surface area contributed by atoms with Crippen molar-refractivity contribution in [2.24, 2.45) is 0 Å². The molecule has 0 unspecified atom stereocenters. The van der Waals surface area contributed by atoms with Crippen LogP contribution in [0.2, 0.25) is 0 Å². The number of carbonyl (C=O) groups is 2. The highest BCUT2D eigenvalue weighted by Crippen LogP contribution is 2.26. The fraction of sp³-hybridized carbons (Fsp3) is 0.250. The second-order valence-electron chi connectivity index (χ2n) is 10.0. The van der Waals surface area contributed by atoms with E-state index in [0.29, 0.717) is 41.2 Å². The second-order valence-corrected chi connectivity index (χ2v) is 10.0. The smallest absolute Gasteiger partial charge is 0.260 e. The van der Waals surface area contributed by atoms with Gasteiger partial charge < -0.3 is 25.8 Å². The summed E-state index contributed by atoms with van der Waals surface area (Å²) in [4.78, 5) is 41.9. The number of nitriles is 1. The maximum Gasteiger partial charge on any atom is 0.260 e. The number of amides is 2. The first-order valence-corrected chi connectivity index (χ1v) is 13.5. The third-order valence-electron chi connectivity index (χ3n) is 6.17. The first kappa shape index (κ1) is 30.3. The maximum absolute atomic E-state index is 12.9. The zero-order valence-electron chi connectivity index (χ0n) is 24.1. The van der Waals surface area contributed by atoms with Crippen LogP contribution in [0.5, 0.6) is 0 Å². The van der Waals surface area contributed by atoms with Crippen LogP contribution in [-0.2, 0) is 9.59 Å². The molecule has 0 radical (unpaired) electrons. The molecule has 3 aromatic rings. The molecule has 11 heteroatoms. The SMILES string of the molecule is C#C[C@@H](C(=O)Nc1cccc(C#Cc2cnc(Nc3ccc(C#N)cc3)nc2NC2CC2)n1)N(C)C(=O)/C=C/CN(C)C. The van der Waals surface area contributed by atoms with Crippen molar-refractivity contribution in [2.75, 3.05) is 43.6 Å². The van der Waals surface area contributed by atoms with Gasteiger partial charge in [0.05, 0.1) is 23.4 Å². The lowest BCUT2D eigenvalue weighted by Crippen LogP contribution is -2.43. The molecule has 2 aromatic heterocycles. The number of terminal acetylenes is 1. The lowest BCUT2D eigenvalue weighted by molar-refractivity contribution is -0.131. The van der Waals surface area contributed by atoms with Crippen molar-refractivity contribution in [3.05, 3.63) is 77.6 Å². The Labute approximate surface area is 251 Å². The molecule has 1 atom stereocenters. The highest BCUT2D eigenvalue weighted by molar-refractivity contribution is 6.00. The van der Waals surface area contributed by atoms with Crippen LogP contribution >= 0.6 is 0 Å². The summed E-state index contributed by atoms with van der Waals surface area (Å²) < 4.78 is 0. The molecular weight excluding hydrogens is 542 g/mol. The van der Waals surface area contributed by atoms with Crippen LogP contribution in [0.15, 0.2) is 60.8 Å². The Hall–Kier alpha value is -5.70. The molecule has 4 rings (SSSR count). The average Bonchev–Trinajstić information content (AvgIpc) is 3.81. The number of aromatic nitrogens is 3. The number of hydrogen-bond acceptors (Lipinski definition) is 9. The molecule has 43 heavy (non-hydrogen) atoms. The van der Waals surface area contributed by atoms with Gasteiger partial charge >= 0.3 is 0 Å². The number of carbonyl (C=O) groups excluding carboxylic acids is 2. The van der Waals surface area contributed by atoms with E-state index in [1.165, 1.54) is 18.0 Å². The monoisotopic (exact) mass is 573 g/mol. The number of hydrogen-bond donors (Lipinski definition) is 3. The highest BCUT2D eigenvalue weighted by atomic mass is 16.2. The Balaban J connectivity index is 1.46. The molecule has 216 valence electrons. The predicted octanol–water partition coefficient (Wildman–Crippen LogP) is 2.98. The minimum Gasteiger partial charge on any atom is -0.366 e. The summed E-state index contributed by atoms with van der Waals surface area (Å²) in [6, 6.07) is 13.3. The molecule has 11 nitrogen and oxygen atoms in total. The Kier molecular flexibility index (Phi) is 10.0. The van der Waals surface area contributed by atoms with Crippen LogP contribution in [-0.4, -0.2) is 76.3 Å². The van der Waals surface area contributed by atoms with Gasteiger partial charge in [0.1, 0.15) is 17.3 Å². The molecule has 1 saturated carbocycles. The predicted molar refractivity (Wildman–Crippen MR) is 165 cm³/mol. The van der Waals surface area contributed by atoms with E-state index < -0.39 is 11.9 Å². The van der Waals surface area contributed by atoms with Gasteiger partial charge in [0.25, 0.3) is 5.91 Å². The summed E-state index contributed by atoms with van der Waals surface area (Å²) in [6.45, 7) is 0.578. The van der Waals surface area contributed by atoms with Crippen molar-refractivity contribution < 1.29 is 9.59 Å². The molecule has 1 fully saturated rings. The zero-order valence-corrected chi connectivity index (χ0v) is 24.1. The maximum atomic E-state index is 12.9. The Morgan fingerprint density at radius 2 is 1.88 bits per heavy atom. The van der Waals surface area contributed by atoms with Crippen LogP contribution in [0.25, 0.3) is 0 Å². The molecule has 1 aromatic carbocycles. The van der Waals surface area contributed by atoms with Gasteiger partial charge in [-0.25, -0.2) is 9.97 Å². The third kappa shape index (κ3) is 8.89. The van der Waals surface area contributed by atoms with Gasteiger partial charge in [0, 0.05) is 31.4 Å². The number of benzene rings is 1. The van der Waals surface area contributed by atoms with E-state index in [4.69, 9.17) is 11.7 Å². The molecule has 0 spiro atoms. The van der Waals surface area contributed by atoms with E-state index in [9.17, 15) is 9.59 Å². The first-order valence-electron chi connectivity index (χ1n) is 13.5. The molecule has 0 saturated heterocycles. The van der Waals surface area contributed by atoms with E-state index >= 15 is 0 Å². The van der Waals surface area contributed by atoms with Crippen LogP contribution in [0.4, 0.5) is 23.3 Å². The fourth-order valence-corrected chi connectivity index (χ4v) is 3.69. The third-order valence-corrected chi connectivity index (χ3v) is 6.17. The lowest BCUT2D eigenvalue weighted by atomic mass is 10.2. The average molecular weight is 574 g/mol. The lowest BCUT2D eigenvalue weighted by Gasteiger charge is -2.22. The van der Waals surface area contributed by atoms with Crippen molar-refractivity contribution in [2.45, 2.75) is 24.9 Å². The molecule has 2 heterocycles. The van der Waals surface area contributed by atoms with Crippen LogP contribution in [0.1, 0.15) is 29.7 Å². The topological polar surface area (TPSA) is 139 Å². The van der Waals surface area contributed by atoms with Crippen molar-refractivity contribution in [1.29, 1.82) is 5.26 Å². The molecule has 0 aliphatic heterocycles. The highest BCUT2D eigenvalue weighted by Gasteiger charge is 2.24. The molecule has 3 N–H and O–H groups in total. The number of nitrogens with zero attached hydrogens (tertiary/aromatic N) is 6. The summed E-state index contributed by atoms with van der Waals surface area (Å²) in [5.41, 5.74) is 2.31. The molecule has 1 aliphatic carbocycles. The van der Waals surface area contributed by atoms with Crippen LogP contribution in [0, 0.1) is 35.5 Å². The fourth-order valence-electron chi connectivity index (χ4n) is 3.69. The molecule has 2 amide bonds. The number of likely N-dealkylation sites (N-methyl/N-ethyl adjacent to an activating group) is 2. The van der Waals surface area contributed by atoms with Gasteiger partial charge in [-0.05, 0) is 69.3 Å². The summed E-state index contributed by atoms with van der Waals surface area (Å²) >= 11 is 0. The summed E-state index contributed by atoms with van der Waals surface area (Å²) in [5, 5.41) is 18.2. The second kappa shape index (κ2) is 14.3. The van der Waals surface area contributed by atoms with Crippen molar-refractivity contribution >= 4 is 35.1 Å². The van der Waals surface area contributed by atoms with E-state index in [-0.39, 0.29) is 11.7 Å². The van der Waals surface area contributed by atoms with E-state index in [0.717, 1.165) is 18.5 Å². The minimum atomic E-state index is -1.13. The van der Waals surface area contributed by atoms with Gasteiger partial charge in [0.15, 0.2) is 6.04 Å². The van der Waals surface area contributed by atoms with E-state index in [1.807, 2.05) is 19.0 Å². The summed E-state index contributed by atoms with van der Waals surface area (Å²) in [6.07, 6.45) is 12.4. The van der Waals surface area contributed by atoms with Crippen LogP contribution in [0.3, 0.4) is 0 Å². The minimum absolute atomic E-state index is 0.246. The van der Waals surface area contributed by atoms with Gasteiger partial charge in [-0.1, -0.05) is 24.0 Å².